The van der Waals surface area contributed by atoms with Crippen LogP contribution in [0.25, 0.3) is 5.57 Å². The lowest BCUT2D eigenvalue weighted by Gasteiger charge is -2.40. The molecular formula is C23H29N5O. The number of hydrogen-bond donors (Lipinski definition) is 4. The van der Waals surface area contributed by atoms with Gasteiger partial charge in [0.05, 0.1) is 6.17 Å². The van der Waals surface area contributed by atoms with Gasteiger partial charge in [0.15, 0.2) is 5.84 Å². The summed E-state index contributed by atoms with van der Waals surface area (Å²) in [7, 11) is 0. The predicted molar refractivity (Wildman–Crippen MR) is 118 cm³/mol. The van der Waals surface area contributed by atoms with E-state index in [0.29, 0.717) is 5.84 Å². The molecule has 29 heavy (non-hydrogen) atoms. The molecule has 1 fully saturated rings. The third kappa shape index (κ3) is 4.13. The molecule has 0 bridgehead atoms. The Balaban J connectivity index is 1.65. The first-order chi connectivity index (χ1) is 14.1. The molecule has 4 rings (SSSR count). The molecule has 0 saturated carbocycles. The number of piperidine rings is 1. The predicted octanol–water partition coefficient (Wildman–Crippen LogP) is 2.54. The lowest BCUT2D eigenvalue weighted by molar-refractivity contribution is 0.0817. The van der Waals surface area contributed by atoms with Crippen molar-refractivity contribution in [3.8, 4) is 5.75 Å². The first-order valence-electron chi connectivity index (χ1n) is 10.3. The van der Waals surface area contributed by atoms with Crippen molar-refractivity contribution in [2.45, 2.75) is 38.0 Å². The Morgan fingerprint density at radius 2 is 1.90 bits per heavy atom. The fraction of sp³-hybridized carbons (Fsp3) is 0.348. The Hall–Kier alpha value is -2.83. The van der Waals surface area contributed by atoms with Gasteiger partial charge in [-0.2, -0.15) is 5.10 Å². The smallest absolute Gasteiger partial charge is 0.150 e. The van der Waals surface area contributed by atoms with Gasteiger partial charge < -0.3 is 21.5 Å². The van der Waals surface area contributed by atoms with Gasteiger partial charge in [-0.1, -0.05) is 49.4 Å². The maximum atomic E-state index is 6.46. The number of rotatable bonds is 5. The lowest BCUT2D eigenvalue weighted by Crippen LogP contribution is -2.46. The van der Waals surface area contributed by atoms with E-state index in [9.17, 15) is 0 Å². The summed E-state index contributed by atoms with van der Waals surface area (Å²) in [6.07, 6.45) is 4.82. The molecule has 0 amide bonds. The van der Waals surface area contributed by atoms with Crippen LogP contribution in [0.3, 0.4) is 0 Å². The number of amidine groups is 1. The Kier molecular flexibility index (Phi) is 5.56. The highest BCUT2D eigenvalue weighted by molar-refractivity contribution is 5.98. The van der Waals surface area contributed by atoms with E-state index in [4.69, 9.17) is 16.2 Å². The number of nitrogens with zero attached hydrogens (tertiary/aromatic N) is 1. The van der Waals surface area contributed by atoms with E-state index in [-0.39, 0.29) is 11.8 Å². The summed E-state index contributed by atoms with van der Waals surface area (Å²) in [6.45, 7) is 3.92. The van der Waals surface area contributed by atoms with Crippen LogP contribution in [0.15, 0.2) is 59.7 Å². The molecule has 1 saturated heterocycles. The largest absolute Gasteiger partial charge is 0.482 e. The van der Waals surface area contributed by atoms with Crippen LogP contribution in [0.2, 0.25) is 0 Å². The number of ether oxygens (including phenoxy) is 1. The minimum absolute atomic E-state index is 0.196. The van der Waals surface area contributed by atoms with Crippen LogP contribution in [0, 0.1) is 0 Å². The molecule has 0 aliphatic carbocycles. The van der Waals surface area contributed by atoms with Crippen molar-refractivity contribution in [2.24, 2.45) is 16.6 Å². The van der Waals surface area contributed by atoms with Crippen LogP contribution >= 0.6 is 0 Å². The molecule has 2 aliphatic rings. The van der Waals surface area contributed by atoms with Gasteiger partial charge in [0, 0.05) is 24.0 Å². The highest BCUT2D eigenvalue weighted by Crippen LogP contribution is 2.42. The molecule has 0 aromatic heterocycles. The quantitative estimate of drug-likeness (QED) is 0.272. The summed E-state index contributed by atoms with van der Waals surface area (Å²) in [5.41, 5.74) is 18.9. The molecule has 2 heterocycles. The average molecular weight is 392 g/mol. The van der Waals surface area contributed by atoms with Crippen LogP contribution in [-0.4, -0.2) is 30.7 Å². The molecule has 1 unspecified atom stereocenters. The number of hydrazone groups is 1. The van der Waals surface area contributed by atoms with E-state index in [0.717, 1.165) is 54.8 Å². The maximum Gasteiger partial charge on any atom is 0.150 e. The van der Waals surface area contributed by atoms with Gasteiger partial charge in [-0.25, -0.2) is 0 Å². The van der Waals surface area contributed by atoms with Gasteiger partial charge >= 0.3 is 0 Å². The Bertz CT molecular complexity index is 913. The van der Waals surface area contributed by atoms with E-state index >= 15 is 0 Å². The van der Waals surface area contributed by atoms with Crippen molar-refractivity contribution < 1.29 is 4.74 Å². The molecule has 2 aromatic rings. The minimum atomic E-state index is -0.242. The summed E-state index contributed by atoms with van der Waals surface area (Å²) in [6, 6.07) is 16.5. The normalized spacial score (nSPS) is 19.1. The third-order valence-electron chi connectivity index (χ3n) is 5.63. The summed E-state index contributed by atoms with van der Waals surface area (Å²) >= 11 is 0. The van der Waals surface area contributed by atoms with Gasteiger partial charge in [-0.15, -0.1) is 0 Å². The first-order valence-corrected chi connectivity index (χ1v) is 10.3. The Labute approximate surface area is 172 Å². The number of benzene rings is 2. The third-order valence-corrected chi connectivity index (χ3v) is 5.63. The summed E-state index contributed by atoms with van der Waals surface area (Å²) < 4.78 is 6.46. The first kappa shape index (κ1) is 19.5. The average Bonchev–Trinajstić information content (AvgIpc) is 2.77. The highest BCUT2D eigenvalue weighted by atomic mass is 16.5. The van der Waals surface area contributed by atoms with Crippen LogP contribution in [0.5, 0.6) is 5.75 Å². The van der Waals surface area contributed by atoms with Crippen molar-refractivity contribution in [1.29, 1.82) is 0 Å². The SMILES string of the molecule is CCC(N)N/N=C(\N)c1ccc(C2=CC3(CCNCC3)Oc3ccccc32)cc1. The standard InChI is InChI=1S/C23H29N5O/c1-2-21(24)27-28-22(25)17-9-7-16(8-10-17)19-15-23(11-13-26-14-12-23)29-20-6-4-3-5-18(19)20/h3-10,15,21,26-27H,2,11-14,24H2,1H3,(H2,25,28). The molecule has 6 N–H and O–H groups in total. The minimum Gasteiger partial charge on any atom is -0.482 e. The molecule has 152 valence electrons. The molecule has 6 nitrogen and oxygen atoms in total. The maximum absolute atomic E-state index is 6.46. The Morgan fingerprint density at radius 1 is 1.17 bits per heavy atom. The van der Waals surface area contributed by atoms with Gasteiger partial charge in [-0.05, 0) is 42.8 Å². The highest BCUT2D eigenvalue weighted by Gasteiger charge is 2.36. The van der Waals surface area contributed by atoms with Crippen LogP contribution in [-0.2, 0) is 0 Å². The summed E-state index contributed by atoms with van der Waals surface area (Å²) in [5.74, 6) is 1.38. The monoisotopic (exact) mass is 391 g/mol. The molecule has 1 spiro atoms. The lowest BCUT2D eigenvalue weighted by atomic mass is 9.83. The van der Waals surface area contributed by atoms with Gasteiger partial charge in [0.2, 0.25) is 0 Å². The molecule has 1 atom stereocenters. The van der Waals surface area contributed by atoms with E-state index < -0.39 is 0 Å². The van der Waals surface area contributed by atoms with Crippen LogP contribution in [0.4, 0.5) is 0 Å². The van der Waals surface area contributed by atoms with E-state index in [1.165, 1.54) is 5.57 Å². The molecule has 0 radical (unpaired) electrons. The van der Waals surface area contributed by atoms with Crippen LogP contribution < -0.4 is 26.9 Å². The summed E-state index contributed by atoms with van der Waals surface area (Å²) in [4.78, 5) is 0. The van der Waals surface area contributed by atoms with Crippen molar-refractivity contribution in [2.75, 3.05) is 13.1 Å². The molecular weight excluding hydrogens is 362 g/mol. The number of nitrogens with two attached hydrogens (primary N) is 2. The number of fused-ring (bicyclic) bond motifs is 1. The number of para-hydroxylation sites is 1. The molecule has 2 aliphatic heterocycles. The molecule has 6 heteroatoms. The fourth-order valence-corrected chi connectivity index (χ4v) is 3.83. The second kappa shape index (κ2) is 8.27. The van der Waals surface area contributed by atoms with E-state index in [1.54, 1.807) is 0 Å². The van der Waals surface area contributed by atoms with Gasteiger partial charge in [0.25, 0.3) is 0 Å². The zero-order valence-corrected chi connectivity index (χ0v) is 16.8. The fourth-order valence-electron chi connectivity index (χ4n) is 3.83. The molecule has 2 aromatic carbocycles. The zero-order valence-electron chi connectivity index (χ0n) is 16.8. The summed E-state index contributed by atoms with van der Waals surface area (Å²) in [5, 5.41) is 7.62. The van der Waals surface area contributed by atoms with Crippen molar-refractivity contribution in [3.63, 3.8) is 0 Å². The Morgan fingerprint density at radius 3 is 2.62 bits per heavy atom. The van der Waals surface area contributed by atoms with E-state index in [2.05, 4.69) is 52.3 Å². The van der Waals surface area contributed by atoms with Crippen molar-refractivity contribution >= 4 is 11.4 Å². The second-order valence-electron chi connectivity index (χ2n) is 7.69. The van der Waals surface area contributed by atoms with Crippen molar-refractivity contribution in [3.05, 3.63) is 71.3 Å². The second-order valence-corrected chi connectivity index (χ2v) is 7.69. The van der Waals surface area contributed by atoms with E-state index in [1.807, 2.05) is 25.1 Å². The number of hydrogen-bond acceptors (Lipinski definition) is 5. The van der Waals surface area contributed by atoms with Gasteiger partial charge in [-0.3, -0.25) is 5.43 Å². The van der Waals surface area contributed by atoms with Crippen molar-refractivity contribution in [1.82, 2.24) is 10.7 Å². The topological polar surface area (TPSA) is 97.7 Å². The van der Waals surface area contributed by atoms with Gasteiger partial charge in [0.1, 0.15) is 11.4 Å². The number of nitrogens with one attached hydrogen (secondary N) is 2. The zero-order chi connectivity index (χ0) is 20.3. The van der Waals surface area contributed by atoms with Crippen LogP contribution in [0.1, 0.15) is 42.9 Å².